The molecular formula is C4H7O2+. The van der Waals surface area contributed by atoms with Crippen LogP contribution in [0.25, 0.3) is 0 Å². The van der Waals surface area contributed by atoms with Gasteiger partial charge in [0.1, 0.15) is 0 Å². The summed E-state index contributed by atoms with van der Waals surface area (Å²) in [4.78, 5) is 18.1. The Labute approximate surface area is 36.2 Å². The molecule has 2 heteroatoms. The van der Waals surface area contributed by atoms with Crippen LogP contribution in [0.1, 0.15) is 13.8 Å². The molecule has 0 spiro atoms. The van der Waals surface area contributed by atoms with Gasteiger partial charge < -0.3 is 0 Å². The summed E-state index contributed by atoms with van der Waals surface area (Å²) in [6.45, 7) is 2.68. The van der Waals surface area contributed by atoms with E-state index in [1.54, 1.807) is 0 Å². The Balaban J connectivity index is 3.57. The van der Waals surface area contributed by atoms with Gasteiger partial charge in [-0.15, -0.1) is 0 Å². The molecule has 0 rings (SSSR count). The van der Waals surface area contributed by atoms with Crippen molar-refractivity contribution in [2.24, 2.45) is 0 Å². The third-order valence-corrected chi connectivity index (χ3v) is 0.510. The Morgan fingerprint density at radius 2 is 1.67 bits per heavy atom. The molecule has 0 unspecified atom stereocenters. The minimum absolute atomic E-state index is 0.130. The highest BCUT2D eigenvalue weighted by Gasteiger charge is 2.03. The highest BCUT2D eigenvalue weighted by molar-refractivity contribution is 6.35. The number of rotatable bonds is 1. The van der Waals surface area contributed by atoms with Crippen molar-refractivity contribution in [3.05, 3.63) is 0 Å². The second kappa shape index (κ2) is 1.70. The predicted molar refractivity (Wildman–Crippen MR) is 23.3 cm³/mol. The van der Waals surface area contributed by atoms with Crippen molar-refractivity contribution in [2.45, 2.75) is 13.8 Å². The smallest absolute Gasteiger partial charge is 0.285 e. The zero-order valence-corrected chi connectivity index (χ0v) is 3.86. The van der Waals surface area contributed by atoms with Crippen molar-refractivity contribution < 1.29 is 9.59 Å². The summed E-state index contributed by atoms with van der Waals surface area (Å²) in [7, 11) is 0. The minimum atomic E-state index is -0.269. The Hall–Kier alpha value is -0.660. The molecule has 6 heavy (non-hydrogen) atoms. The minimum Gasteiger partial charge on any atom is -0.285 e. The van der Waals surface area contributed by atoms with Crippen LogP contribution >= 0.6 is 0 Å². The zero-order chi connectivity index (χ0) is 5.15. The third-order valence-electron chi connectivity index (χ3n) is 0.510. The van der Waals surface area contributed by atoms with Gasteiger partial charge >= 0.3 is 5.78 Å². The molecule has 0 heterocycles. The molecule has 0 bridgehead atoms. The third kappa shape index (κ3) is 1.64. The van der Waals surface area contributed by atoms with E-state index in [1.165, 1.54) is 13.8 Å². The first-order valence-electron chi connectivity index (χ1n) is 1.68. The van der Waals surface area contributed by atoms with Gasteiger partial charge in [-0.2, -0.15) is 0 Å². The first-order valence-corrected chi connectivity index (χ1v) is 1.68. The van der Waals surface area contributed by atoms with Gasteiger partial charge in [0.05, 0.1) is 6.92 Å². The fourth-order valence-electron chi connectivity index (χ4n) is 0. The van der Waals surface area contributed by atoms with E-state index in [2.05, 4.69) is 0 Å². The lowest BCUT2D eigenvalue weighted by atomic mass is 10.3. The highest BCUT2D eigenvalue weighted by Crippen LogP contribution is 1.65. The van der Waals surface area contributed by atoms with Gasteiger partial charge in [-0.25, -0.2) is 0 Å². The molecule has 0 aromatic rings. The van der Waals surface area contributed by atoms with Crippen LogP contribution in [-0.4, -0.2) is 16.4 Å². The van der Waals surface area contributed by atoms with Crippen molar-refractivity contribution in [3.63, 3.8) is 0 Å². The Morgan fingerprint density at radius 3 is 1.67 bits per heavy atom. The number of hydrogen-bond donors (Lipinski definition) is 0. The number of ketones is 2. The van der Waals surface area contributed by atoms with Crippen LogP contribution in [0.4, 0.5) is 0 Å². The Morgan fingerprint density at radius 1 is 1.50 bits per heavy atom. The molecule has 0 saturated heterocycles. The van der Waals surface area contributed by atoms with Gasteiger partial charge in [0.2, 0.25) is 5.78 Å². The van der Waals surface area contributed by atoms with Crippen molar-refractivity contribution in [3.8, 4) is 0 Å². The van der Waals surface area contributed by atoms with Gasteiger partial charge in [-0.05, 0) is 0 Å². The zero-order valence-electron chi connectivity index (χ0n) is 3.86. The summed E-state index contributed by atoms with van der Waals surface area (Å²) in [6, 6.07) is 0. The van der Waals surface area contributed by atoms with E-state index in [4.69, 9.17) is 4.79 Å². The highest BCUT2D eigenvalue weighted by atomic mass is 16.2. The molecule has 0 aliphatic heterocycles. The van der Waals surface area contributed by atoms with E-state index < -0.39 is 0 Å². The first kappa shape index (κ1) is 5.34. The summed E-state index contributed by atoms with van der Waals surface area (Å²) in [6.07, 6.45) is 0. The fraction of sp³-hybridized carbons (Fsp3) is 0.500. The van der Waals surface area contributed by atoms with Crippen LogP contribution in [-0.2, 0) is 4.79 Å². The SMILES string of the molecule is CC(=O)C(C)=[OH+]. The quantitative estimate of drug-likeness (QED) is 0.331. The monoisotopic (exact) mass is 87.0 g/mol. The molecule has 1 N–H and O–H groups in total. The molecule has 0 radical (unpaired) electrons. The second-order valence-electron chi connectivity index (χ2n) is 1.14. The van der Waals surface area contributed by atoms with E-state index >= 15 is 0 Å². The summed E-state index contributed by atoms with van der Waals surface area (Å²) >= 11 is 0. The molecule has 2 nitrogen and oxygen atoms in total. The molecule has 0 aromatic carbocycles. The van der Waals surface area contributed by atoms with E-state index in [1.807, 2.05) is 0 Å². The van der Waals surface area contributed by atoms with E-state index in [9.17, 15) is 4.79 Å². The molecule has 34 valence electrons. The molecule has 0 atom stereocenters. The van der Waals surface area contributed by atoms with Crippen molar-refractivity contribution in [2.75, 3.05) is 0 Å². The number of hydrogen-bond acceptors (Lipinski definition) is 1. The molecule has 0 aliphatic carbocycles. The Kier molecular flexibility index (Phi) is 1.51. The lowest BCUT2D eigenvalue weighted by Gasteiger charge is -1.65. The summed E-state index contributed by atoms with van der Waals surface area (Å²) in [5.74, 6) is -0.398. The predicted octanol–water partition coefficient (Wildman–Crippen LogP) is 0.140. The van der Waals surface area contributed by atoms with Crippen LogP contribution in [0.3, 0.4) is 0 Å². The second-order valence-corrected chi connectivity index (χ2v) is 1.14. The topological polar surface area (TPSA) is 38.5 Å². The summed E-state index contributed by atoms with van der Waals surface area (Å²) in [5.41, 5.74) is 0. The fourth-order valence-corrected chi connectivity index (χ4v) is 0. The average molecular weight is 87.1 g/mol. The van der Waals surface area contributed by atoms with E-state index in [-0.39, 0.29) is 11.6 Å². The van der Waals surface area contributed by atoms with Crippen LogP contribution in [0.15, 0.2) is 0 Å². The standard InChI is InChI=1S/C4H6O2/c1-3(5)4(2)6/h1-2H3/p+1. The molecule has 0 aliphatic rings. The van der Waals surface area contributed by atoms with Crippen LogP contribution in [0.2, 0.25) is 0 Å². The number of carbonyl (C=O) groups is 1. The first-order chi connectivity index (χ1) is 2.64. The number of carbonyl (C=O) groups excluding carboxylic acids is 2. The van der Waals surface area contributed by atoms with Gasteiger partial charge in [0.25, 0.3) is 0 Å². The van der Waals surface area contributed by atoms with Crippen LogP contribution < -0.4 is 0 Å². The Bertz CT molecular complexity index is 71.5. The van der Waals surface area contributed by atoms with Gasteiger partial charge in [-0.1, -0.05) is 0 Å². The molecule has 0 saturated carbocycles. The largest absolute Gasteiger partial charge is 0.355 e. The van der Waals surface area contributed by atoms with E-state index in [0.717, 1.165) is 0 Å². The normalized spacial score (nSPS) is 7.67. The summed E-state index contributed by atoms with van der Waals surface area (Å²) in [5, 5.41) is 0. The lowest BCUT2D eigenvalue weighted by molar-refractivity contribution is -0.111. The van der Waals surface area contributed by atoms with Gasteiger partial charge in [0.15, 0.2) is 0 Å². The molecule has 0 amide bonds. The maximum absolute atomic E-state index is 9.86. The molecular weight excluding hydrogens is 80.0 g/mol. The van der Waals surface area contributed by atoms with Crippen molar-refractivity contribution >= 4 is 11.6 Å². The molecule has 0 aromatic heterocycles. The average Bonchev–Trinajstić information content (AvgIpc) is 1.36. The van der Waals surface area contributed by atoms with Crippen molar-refractivity contribution in [1.29, 1.82) is 0 Å². The maximum atomic E-state index is 9.86. The van der Waals surface area contributed by atoms with Crippen LogP contribution in [0.5, 0.6) is 0 Å². The van der Waals surface area contributed by atoms with Crippen molar-refractivity contribution in [1.82, 2.24) is 0 Å². The maximum Gasteiger partial charge on any atom is 0.355 e. The number of Topliss-reactive ketones (excluding diaryl/α,β-unsaturated/α-hetero) is 1. The molecule has 0 fully saturated rings. The van der Waals surface area contributed by atoms with E-state index in [0.29, 0.717) is 0 Å². The van der Waals surface area contributed by atoms with Gasteiger partial charge in [0, 0.05) is 6.92 Å². The lowest BCUT2D eigenvalue weighted by Crippen LogP contribution is -2.02. The van der Waals surface area contributed by atoms with Crippen LogP contribution in [0, 0.1) is 0 Å². The summed E-state index contributed by atoms with van der Waals surface area (Å²) < 4.78 is 0. The van der Waals surface area contributed by atoms with Gasteiger partial charge in [-0.3, -0.25) is 9.59 Å².